The number of anilines is 2. The van der Waals surface area contributed by atoms with E-state index >= 15 is 0 Å². The van der Waals surface area contributed by atoms with Crippen molar-refractivity contribution in [1.82, 2.24) is 0 Å². The summed E-state index contributed by atoms with van der Waals surface area (Å²) in [6, 6.07) is 20.3. The highest BCUT2D eigenvalue weighted by Gasteiger charge is 2.11. The molecule has 3 aromatic rings. The van der Waals surface area contributed by atoms with Gasteiger partial charge in [-0.05, 0) is 88.8 Å². The van der Waals surface area contributed by atoms with Crippen LogP contribution >= 0.6 is 15.9 Å². The number of hydrogen-bond donors (Lipinski definition) is 2. The van der Waals surface area contributed by atoms with Gasteiger partial charge in [0.2, 0.25) is 0 Å². The van der Waals surface area contributed by atoms with E-state index in [-0.39, 0.29) is 18.4 Å². The lowest BCUT2D eigenvalue weighted by Gasteiger charge is -2.13. The van der Waals surface area contributed by atoms with Gasteiger partial charge in [0.05, 0.1) is 4.47 Å². The summed E-state index contributed by atoms with van der Waals surface area (Å²) in [5.41, 5.74) is 3.99. The maximum atomic E-state index is 12.6. The molecule has 6 heteroatoms. The van der Waals surface area contributed by atoms with Crippen LogP contribution in [0.1, 0.15) is 47.7 Å². The Labute approximate surface area is 197 Å². The van der Waals surface area contributed by atoms with Gasteiger partial charge in [-0.15, -0.1) is 0 Å². The SMILES string of the molecule is CCC(C)c1ccc(OCC(=O)Nc2cccc(C(=O)Nc3cccc(C)c3)c2)c(Br)c1. The number of hydrogen-bond acceptors (Lipinski definition) is 3. The molecule has 0 aromatic heterocycles. The van der Waals surface area contributed by atoms with E-state index in [4.69, 9.17) is 4.74 Å². The Morgan fingerprint density at radius 3 is 2.38 bits per heavy atom. The zero-order valence-corrected chi connectivity index (χ0v) is 20.0. The highest BCUT2D eigenvalue weighted by atomic mass is 79.9. The summed E-state index contributed by atoms with van der Waals surface area (Å²) in [7, 11) is 0. The van der Waals surface area contributed by atoms with Gasteiger partial charge in [0, 0.05) is 16.9 Å². The fourth-order valence-corrected chi connectivity index (χ4v) is 3.69. The van der Waals surface area contributed by atoms with Crippen LogP contribution in [0.2, 0.25) is 0 Å². The molecule has 2 N–H and O–H groups in total. The van der Waals surface area contributed by atoms with Gasteiger partial charge in [0.1, 0.15) is 5.75 Å². The molecule has 1 atom stereocenters. The Morgan fingerprint density at radius 2 is 1.69 bits per heavy atom. The number of aryl methyl sites for hydroxylation is 1. The van der Waals surface area contributed by atoms with Crippen LogP contribution in [-0.4, -0.2) is 18.4 Å². The van der Waals surface area contributed by atoms with Gasteiger partial charge in [-0.3, -0.25) is 9.59 Å². The quantitative estimate of drug-likeness (QED) is 0.373. The predicted molar refractivity (Wildman–Crippen MR) is 133 cm³/mol. The highest BCUT2D eigenvalue weighted by molar-refractivity contribution is 9.10. The minimum Gasteiger partial charge on any atom is -0.483 e. The van der Waals surface area contributed by atoms with E-state index in [1.54, 1.807) is 24.3 Å². The van der Waals surface area contributed by atoms with Crippen LogP contribution in [0.15, 0.2) is 71.2 Å². The summed E-state index contributed by atoms with van der Waals surface area (Å²) >= 11 is 3.52. The van der Waals surface area contributed by atoms with E-state index in [0.717, 1.165) is 22.1 Å². The lowest BCUT2D eigenvalue weighted by atomic mass is 9.99. The molecule has 0 heterocycles. The number of nitrogens with one attached hydrogen (secondary N) is 2. The lowest BCUT2D eigenvalue weighted by molar-refractivity contribution is -0.118. The molecule has 1 unspecified atom stereocenters. The maximum Gasteiger partial charge on any atom is 0.262 e. The van der Waals surface area contributed by atoms with Gasteiger partial charge >= 0.3 is 0 Å². The number of rotatable bonds is 8. The average Bonchev–Trinajstić information content (AvgIpc) is 2.78. The minimum absolute atomic E-state index is 0.138. The van der Waals surface area contributed by atoms with Crippen LogP contribution in [0, 0.1) is 6.92 Å². The topological polar surface area (TPSA) is 67.4 Å². The van der Waals surface area contributed by atoms with Crippen LogP contribution in [0.4, 0.5) is 11.4 Å². The number of halogens is 1. The van der Waals surface area contributed by atoms with Gasteiger partial charge < -0.3 is 15.4 Å². The molecule has 32 heavy (non-hydrogen) atoms. The van der Waals surface area contributed by atoms with Gasteiger partial charge in [-0.1, -0.05) is 38.1 Å². The summed E-state index contributed by atoms with van der Waals surface area (Å²) in [5, 5.41) is 5.65. The Kier molecular flexibility index (Phi) is 8.06. The van der Waals surface area contributed by atoms with Gasteiger partial charge in [0.25, 0.3) is 11.8 Å². The zero-order valence-electron chi connectivity index (χ0n) is 18.4. The molecule has 0 aliphatic rings. The van der Waals surface area contributed by atoms with E-state index in [0.29, 0.717) is 22.9 Å². The largest absolute Gasteiger partial charge is 0.483 e. The Hall–Kier alpha value is -3.12. The van der Waals surface area contributed by atoms with Crippen molar-refractivity contribution in [3.8, 4) is 5.75 Å². The zero-order chi connectivity index (χ0) is 23.1. The van der Waals surface area contributed by atoms with Crippen LogP contribution in [-0.2, 0) is 4.79 Å². The van der Waals surface area contributed by atoms with E-state index in [1.165, 1.54) is 5.56 Å². The number of ether oxygens (including phenoxy) is 1. The molecule has 0 spiro atoms. The molecule has 166 valence electrons. The second-order valence-corrected chi connectivity index (χ2v) is 8.59. The van der Waals surface area contributed by atoms with Crippen molar-refractivity contribution in [2.24, 2.45) is 0 Å². The van der Waals surface area contributed by atoms with Crippen molar-refractivity contribution in [2.75, 3.05) is 17.2 Å². The van der Waals surface area contributed by atoms with Crippen molar-refractivity contribution in [3.63, 3.8) is 0 Å². The smallest absolute Gasteiger partial charge is 0.262 e. The number of amides is 2. The maximum absolute atomic E-state index is 12.6. The van der Waals surface area contributed by atoms with Gasteiger partial charge in [0.15, 0.2) is 6.61 Å². The number of carbonyl (C=O) groups is 2. The summed E-state index contributed by atoms with van der Waals surface area (Å²) in [5.74, 6) is 0.518. The van der Waals surface area contributed by atoms with E-state index in [9.17, 15) is 9.59 Å². The first-order chi connectivity index (χ1) is 15.4. The van der Waals surface area contributed by atoms with Gasteiger partial charge in [-0.25, -0.2) is 0 Å². The molecule has 0 bridgehead atoms. The monoisotopic (exact) mass is 494 g/mol. The molecule has 3 aromatic carbocycles. The number of carbonyl (C=O) groups excluding carboxylic acids is 2. The second kappa shape index (κ2) is 11.0. The van der Waals surface area contributed by atoms with Gasteiger partial charge in [-0.2, -0.15) is 0 Å². The minimum atomic E-state index is -0.306. The van der Waals surface area contributed by atoms with Crippen LogP contribution in [0.5, 0.6) is 5.75 Å². The third-order valence-electron chi connectivity index (χ3n) is 5.18. The molecule has 2 amide bonds. The van der Waals surface area contributed by atoms with Crippen molar-refractivity contribution < 1.29 is 14.3 Å². The third kappa shape index (κ3) is 6.44. The van der Waals surface area contributed by atoms with Crippen LogP contribution in [0.25, 0.3) is 0 Å². The first-order valence-electron chi connectivity index (χ1n) is 10.6. The van der Waals surface area contributed by atoms with E-state index in [1.807, 2.05) is 49.4 Å². The summed E-state index contributed by atoms with van der Waals surface area (Å²) in [6.07, 6.45) is 1.05. The van der Waals surface area contributed by atoms with Crippen molar-refractivity contribution >= 4 is 39.1 Å². The predicted octanol–water partition coefficient (Wildman–Crippen LogP) is 6.54. The standard InChI is InChI=1S/C26H27BrN2O3/c1-4-18(3)19-11-12-24(23(27)15-19)32-16-25(30)28-22-10-6-8-20(14-22)26(31)29-21-9-5-7-17(2)13-21/h5-15,18H,4,16H2,1-3H3,(H,28,30)(H,29,31). The fraction of sp³-hybridized carbons (Fsp3) is 0.231. The molecule has 0 fully saturated rings. The first-order valence-corrected chi connectivity index (χ1v) is 11.3. The van der Waals surface area contributed by atoms with Crippen LogP contribution in [0.3, 0.4) is 0 Å². The Balaban J connectivity index is 1.58. The molecule has 3 rings (SSSR count). The van der Waals surface area contributed by atoms with E-state index < -0.39 is 0 Å². The molecule has 0 aliphatic heterocycles. The molecule has 0 saturated heterocycles. The summed E-state index contributed by atoms with van der Waals surface area (Å²) in [4.78, 5) is 24.9. The summed E-state index contributed by atoms with van der Waals surface area (Å²) in [6.45, 7) is 6.15. The van der Waals surface area contributed by atoms with Crippen LogP contribution < -0.4 is 15.4 Å². The molecule has 5 nitrogen and oxygen atoms in total. The van der Waals surface area contributed by atoms with Crippen molar-refractivity contribution in [3.05, 3.63) is 87.9 Å². The summed E-state index contributed by atoms with van der Waals surface area (Å²) < 4.78 is 6.49. The average molecular weight is 495 g/mol. The Morgan fingerprint density at radius 1 is 0.969 bits per heavy atom. The first kappa shape index (κ1) is 23.5. The van der Waals surface area contributed by atoms with E-state index in [2.05, 4.69) is 40.4 Å². The second-order valence-electron chi connectivity index (χ2n) is 7.74. The molecular weight excluding hydrogens is 468 g/mol. The lowest BCUT2D eigenvalue weighted by Crippen LogP contribution is -2.20. The van der Waals surface area contributed by atoms with Crippen molar-refractivity contribution in [2.45, 2.75) is 33.1 Å². The highest BCUT2D eigenvalue weighted by Crippen LogP contribution is 2.30. The molecule has 0 radical (unpaired) electrons. The number of benzene rings is 3. The molecule has 0 aliphatic carbocycles. The molecule has 0 saturated carbocycles. The Bertz CT molecular complexity index is 1110. The normalized spacial score (nSPS) is 11.5. The third-order valence-corrected chi connectivity index (χ3v) is 5.80. The molecular formula is C26H27BrN2O3. The fourth-order valence-electron chi connectivity index (χ4n) is 3.18. The van der Waals surface area contributed by atoms with Crippen molar-refractivity contribution in [1.29, 1.82) is 0 Å².